The number of benzene rings is 6. The summed E-state index contributed by atoms with van der Waals surface area (Å²) in [5.41, 5.74) is 9.72. The van der Waals surface area contributed by atoms with Gasteiger partial charge in [-0.3, -0.25) is 0 Å². The molecule has 1 N–H and O–H groups in total. The van der Waals surface area contributed by atoms with Gasteiger partial charge in [0.15, 0.2) is 5.84 Å². The molecule has 4 heteroatoms. The summed E-state index contributed by atoms with van der Waals surface area (Å²) >= 11 is 0. The monoisotopic (exact) mass is 591 g/mol. The molecular weight excluding hydrogens is 562 g/mol. The van der Waals surface area contributed by atoms with Crippen LogP contribution in [0.2, 0.25) is 0 Å². The molecule has 46 heavy (non-hydrogen) atoms. The van der Waals surface area contributed by atoms with E-state index in [0.717, 1.165) is 62.1 Å². The molecule has 0 spiro atoms. The second kappa shape index (κ2) is 10.9. The minimum absolute atomic E-state index is 0.365. The Bertz CT molecular complexity index is 2410. The van der Waals surface area contributed by atoms with E-state index in [-0.39, 0.29) is 6.17 Å². The summed E-state index contributed by atoms with van der Waals surface area (Å²) in [6, 6.07) is 46.6. The fourth-order valence-corrected chi connectivity index (χ4v) is 6.66. The van der Waals surface area contributed by atoms with Gasteiger partial charge in [-0.05, 0) is 51.2 Å². The SMILES string of the molecule is C1=Cc2ccccc2CC(C2=NC(c3cccc4oc5cc6ccccc6cc5c34)NC(c3ccc(-c4ccccc4)cc3)=N2)=C1. The summed E-state index contributed by atoms with van der Waals surface area (Å²) in [6.45, 7) is 0. The third-order valence-corrected chi connectivity index (χ3v) is 8.99. The molecule has 2 heterocycles. The van der Waals surface area contributed by atoms with Gasteiger partial charge in [-0.25, -0.2) is 9.98 Å². The maximum Gasteiger partial charge on any atom is 0.155 e. The minimum Gasteiger partial charge on any atom is -0.456 e. The number of allylic oxidation sites excluding steroid dienone is 2. The van der Waals surface area contributed by atoms with E-state index in [9.17, 15) is 0 Å². The first-order chi connectivity index (χ1) is 22.8. The highest BCUT2D eigenvalue weighted by Gasteiger charge is 2.26. The highest BCUT2D eigenvalue weighted by atomic mass is 16.3. The van der Waals surface area contributed by atoms with Crippen molar-refractivity contribution in [1.29, 1.82) is 0 Å². The maximum absolute atomic E-state index is 6.43. The van der Waals surface area contributed by atoms with Gasteiger partial charge in [0.25, 0.3) is 0 Å². The van der Waals surface area contributed by atoms with E-state index in [1.807, 2.05) is 12.1 Å². The van der Waals surface area contributed by atoms with Crippen LogP contribution in [0.15, 0.2) is 166 Å². The highest BCUT2D eigenvalue weighted by Crippen LogP contribution is 2.38. The van der Waals surface area contributed by atoms with Crippen molar-refractivity contribution in [1.82, 2.24) is 5.32 Å². The highest BCUT2D eigenvalue weighted by molar-refractivity contribution is 6.15. The summed E-state index contributed by atoms with van der Waals surface area (Å²) in [4.78, 5) is 10.5. The second-order valence-corrected chi connectivity index (χ2v) is 11.8. The molecule has 1 aromatic heterocycles. The fourth-order valence-electron chi connectivity index (χ4n) is 6.66. The molecule has 0 amide bonds. The number of rotatable bonds is 4. The molecule has 0 fully saturated rings. The zero-order valence-electron chi connectivity index (χ0n) is 25.0. The summed E-state index contributed by atoms with van der Waals surface area (Å²) < 4.78 is 6.43. The van der Waals surface area contributed by atoms with Crippen LogP contribution < -0.4 is 5.32 Å². The molecule has 0 saturated carbocycles. The van der Waals surface area contributed by atoms with Crippen LogP contribution in [0.3, 0.4) is 0 Å². The van der Waals surface area contributed by atoms with Crippen molar-refractivity contribution in [3.05, 3.63) is 173 Å². The lowest BCUT2D eigenvalue weighted by Gasteiger charge is -2.25. The van der Waals surface area contributed by atoms with Crippen LogP contribution >= 0.6 is 0 Å². The molecule has 218 valence electrons. The number of hydrogen-bond donors (Lipinski definition) is 1. The molecule has 1 aliphatic carbocycles. The number of nitrogens with one attached hydrogen (secondary N) is 1. The van der Waals surface area contributed by atoms with Gasteiger partial charge in [0.2, 0.25) is 0 Å². The molecule has 4 nitrogen and oxygen atoms in total. The first-order valence-electron chi connectivity index (χ1n) is 15.7. The van der Waals surface area contributed by atoms with Crippen molar-refractivity contribution in [2.75, 3.05) is 0 Å². The Labute approximate surface area is 266 Å². The molecule has 2 aliphatic rings. The Morgan fingerprint density at radius 1 is 0.652 bits per heavy atom. The van der Waals surface area contributed by atoms with E-state index < -0.39 is 0 Å². The minimum atomic E-state index is -0.365. The summed E-state index contributed by atoms with van der Waals surface area (Å²) in [5.74, 6) is 1.54. The number of furan rings is 1. The Morgan fingerprint density at radius 2 is 1.39 bits per heavy atom. The first-order valence-corrected chi connectivity index (χ1v) is 15.7. The number of amidine groups is 2. The fraction of sp³-hybridized carbons (Fsp3) is 0.0476. The van der Waals surface area contributed by atoms with Gasteiger partial charge in [-0.1, -0.05) is 133 Å². The number of hydrogen-bond acceptors (Lipinski definition) is 4. The van der Waals surface area contributed by atoms with Crippen LogP contribution in [0.4, 0.5) is 0 Å². The van der Waals surface area contributed by atoms with Gasteiger partial charge in [0.05, 0.1) is 0 Å². The lowest BCUT2D eigenvalue weighted by atomic mass is 9.99. The largest absolute Gasteiger partial charge is 0.456 e. The van der Waals surface area contributed by atoms with E-state index in [1.54, 1.807) is 0 Å². The van der Waals surface area contributed by atoms with Crippen LogP contribution in [0.25, 0.3) is 49.9 Å². The van der Waals surface area contributed by atoms with Gasteiger partial charge < -0.3 is 9.73 Å². The van der Waals surface area contributed by atoms with Crippen molar-refractivity contribution < 1.29 is 4.42 Å². The predicted octanol–water partition coefficient (Wildman–Crippen LogP) is 10.0. The van der Waals surface area contributed by atoms with Crippen molar-refractivity contribution in [2.24, 2.45) is 9.98 Å². The molecule has 1 aliphatic heterocycles. The molecule has 1 atom stereocenters. The number of fused-ring (bicyclic) bond motifs is 5. The molecular formula is C42H29N3O. The summed E-state index contributed by atoms with van der Waals surface area (Å²) in [6.07, 6.45) is 6.82. The molecule has 9 rings (SSSR count). The van der Waals surface area contributed by atoms with Gasteiger partial charge in [-0.15, -0.1) is 0 Å². The van der Waals surface area contributed by atoms with Crippen LogP contribution in [-0.2, 0) is 6.42 Å². The Kier molecular flexibility index (Phi) is 6.24. The smallest absolute Gasteiger partial charge is 0.155 e. The van der Waals surface area contributed by atoms with E-state index >= 15 is 0 Å². The average Bonchev–Trinajstić information content (AvgIpc) is 3.33. The standard InChI is InChI=1S/C42H29N3O/c1-2-10-27(11-3-1)29-20-22-30(23-21-29)40-43-41(34-17-8-16-28-12-4-5-13-31(28)24-34)45-42(44-40)35-18-9-19-37-39(35)36-25-32-14-6-7-15-33(32)26-38(36)46-37/h1-23,25-26,42H,24H2,(H,43,44,45). The van der Waals surface area contributed by atoms with E-state index in [4.69, 9.17) is 14.4 Å². The first kappa shape index (κ1) is 26.4. The van der Waals surface area contributed by atoms with Crippen molar-refractivity contribution in [3.63, 3.8) is 0 Å². The van der Waals surface area contributed by atoms with Gasteiger partial charge in [0.1, 0.15) is 23.2 Å². The molecule has 6 aromatic carbocycles. The molecule has 0 radical (unpaired) electrons. The lowest BCUT2D eigenvalue weighted by molar-refractivity contribution is 0.662. The molecule has 1 unspecified atom stereocenters. The van der Waals surface area contributed by atoms with Crippen LogP contribution in [0, 0.1) is 0 Å². The average molecular weight is 592 g/mol. The number of aliphatic imine (C=N–C) groups is 2. The van der Waals surface area contributed by atoms with Gasteiger partial charge in [-0.2, -0.15) is 0 Å². The Morgan fingerprint density at radius 3 is 2.26 bits per heavy atom. The Balaban J connectivity index is 1.18. The third kappa shape index (κ3) is 4.63. The van der Waals surface area contributed by atoms with Crippen molar-refractivity contribution >= 4 is 50.5 Å². The topological polar surface area (TPSA) is 49.9 Å². The predicted molar refractivity (Wildman–Crippen MR) is 190 cm³/mol. The normalized spacial score (nSPS) is 16.0. The molecule has 0 saturated heterocycles. The van der Waals surface area contributed by atoms with Crippen LogP contribution in [0.5, 0.6) is 0 Å². The Hall–Kier alpha value is -6.00. The van der Waals surface area contributed by atoms with Crippen molar-refractivity contribution in [3.8, 4) is 11.1 Å². The van der Waals surface area contributed by atoms with Gasteiger partial charge in [0, 0.05) is 33.9 Å². The summed E-state index contributed by atoms with van der Waals surface area (Å²) in [5, 5.41) is 8.21. The lowest BCUT2D eigenvalue weighted by Crippen LogP contribution is -2.34. The summed E-state index contributed by atoms with van der Waals surface area (Å²) in [7, 11) is 0. The van der Waals surface area contributed by atoms with Crippen LogP contribution in [0.1, 0.15) is 28.4 Å². The zero-order valence-corrected chi connectivity index (χ0v) is 25.0. The zero-order chi connectivity index (χ0) is 30.5. The second-order valence-electron chi connectivity index (χ2n) is 11.8. The van der Waals surface area contributed by atoms with Gasteiger partial charge >= 0.3 is 0 Å². The van der Waals surface area contributed by atoms with E-state index in [2.05, 4.69) is 145 Å². The number of nitrogens with zero attached hydrogens (tertiary/aromatic N) is 2. The van der Waals surface area contributed by atoms with E-state index in [1.165, 1.54) is 27.6 Å². The third-order valence-electron chi connectivity index (χ3n) is 8.99. The van der Waals surface area contributed by atoms with Crippen LogP contribution in [-0.4, -0.2) is 11.7 Å². The molecule has 7 aromatic rings. The quantitative estimate of drug-likeness (QED) is 0.221. The van der Waals surface area contributed by atoms with E-state index in [0.29, 0.717) is 0 Å². The van der Waals surface area contributed by atoms with Crippen molar-refractivity contribution in [2.45, 2.75) is 12.6 Å². The maximum atomic E-state index is 6.43. The molecule has 0 bridgehead atoms.